The predicted octanol–water partition coefficient (Wildman–Crippen LogP) is 4.33. The summed E-state index contributed by atoms with van der Waals surface area (Å²) in [4.78, 5) is 0. The van der Waals surface area contributed by atoms with Gasteiger partial charge in [0.15, 0.2) is 6.29 Å². The summed E-state index contributed by atoms with van der Waals surface area (Å²) in [6.45, 7) is 8.58. The molecule has 7 nitrogen and oxygen atoms in total. The summed E-state index contributed by atoms with van der Waals surface area (Å²) in [5.41, 5.74) is 1.15. The van der Waals surface area contributed by atoms with Gasteiger partial charge in [-0.1, -0.05) is 42.0 Å². The van der Waals surface area contributed by atoms with E-state index in [0.717, 1.165) is 23.3 Å². The van der Waals surface area contributed by atoms with Gasteiger partial charge in [-0.3, -0.25) is 0 Å². The number of hydrogen-bond acceptors (Lipinski definition) is 7. The highest BCUT2D eigenvalue weighted by Gasteiger charge is 2.26. The van der Waals surface area contributed by atoms with Crippen LogP contribution in [0.15, 0.2) is 36.4 Å². The van der Waals surface area contributed by atoms with Crippen LogP contribution >= 0.6 is 0 Å². The van der Waals surface area contributed by atoms with Crippen LogP contribution in [0, 0.1) is 29.6 Å². The predicted molar refractivity (Wildman–Crippen MR) is 140 cm³/mol. The van der Waals surface area contributed by atoms with Crippen LogP contribution in [0.5, 0.6) is 5.75 Å². The molecule has 0 aliphatic rings. The molecule has 0 bridgehead atoms. The molecule has 1 rings (SSSR count). The molecule has 1 aromatic carbocycles. The van der Waals surface area contributed by atoms with Crippen molar-refractivity contribution in [2.75, 3.05) is 41.8 Å². The summed E-state index contributed by atoms with van der Waals surface area (Å²) < 4.78 is 32.2. The summed E-state index contributed by atoms with van der Waals surface area (Å²) in [5, 5.41) is 10.5. The Balaban J connectivity index is 2.61. The van der Waals surface area contributed by atoms with Crippen molar-refractivity contribution in [3.8, 4) is 29.4 Å². The molecule has 0 spiro atoms. The lowest BCUT2D eigenvalue weighted by Gasteiger charge is -2.25. The van der Waals surface area contributed by atoms with E-state index in [9.17, 15) is 5.11 Å². The molecule has 0 heterocycles. The van der Waals surface area contributed by atoms with Gasteiger partial charge in [-0.15, -0.1) is 5.92 Å². The maximum atomic E-state index is 10.5. The standard InChI is InChI=1S/C29H42O7/c1-23(2)25(19-28(33-6)34-7)11-8-9-12-26(30)20-29(3,36-22-31-4)17-10-18-35-21-24-13-15-27(32-5)16-14-24/h13-16,25-26,28,30H,1,8,11,18-22H2,2-7H3/t25-,26?,29?/m0/s1. The molecular weight excluding hydrogens is 460 g/mol. The Bertz CT molecular complexity index is 871. The number of aliphatic hydroxyl groups is 1. The summed E-state index contributed by atoms with van der Waals surface area (Å²) in [6.07, 6.45) is 1.19. The van der Waals surface area contributed by atoms with Crippen LogP contribution in [0.4, 0.5) is 0 Å². The van der Waals surface area contributed by atoms with Crippen molar-refractivity contribution in [2.24, 2.45) is 5.92 Å². The van der Waals surface area contributed by atoms with Crippen LogP contribution < -0.4 is 4.74 Å². The van der Waals surface area contributed by atoms with E-state index in [0.29, 0.717) is 19.4 Å². The monoisotopic (exact) mass is 502 g/mol. The summed E-state index contributed by atoms with van der Waals surface area (Å²) in [6, 6.07) is 7.66. The topological polar surface area (TPSA) is 75.6 Å². The number of allylic oxidation sites excluding steroid dienone is 1. The van der Waals surface area contributed by atoms with E-state index in [-0.39, 0.29) is 32.0 Å². The van der Waals surface area contributed by atoms with Crippen molar-refractivity contribution >= 4 is 0 Å². The quantitative estimate of drug-likeness (QED) is 0.156. The van der Waals surface area contributed by atoms with E-state index in [1.807, 2.05) is 31.2 Å². The fourth-order valence-corrected chi connectivity index (χ4v) is 3.44. The Morgan fingerprint density at radius 2 is 1.78 bits per heavy atom. The van der Waals surface area contributed by atoms with E-state index >= 15 is 0 Å². The minimum atomic E-state index is -0.933. The fourth-order valence-electron chi connectivity index (χ4n) is 3.44. The summed E-state index contributed by atoms with van der Waals surface area (Å²) in [7, 11) is 6.42. The molecule has 0 saturated carbocycles. The molecule has 200 valence electrons. The van der Waals surface area contributed by atoms with E-state index in [4.69, 9.17) is 28.4 Å². The normalized spacial score (nSPS) is 14.1. The minimum absolute atomic E-state index is 0.0541. The first-order chi connectivity index (χ1) is 17.3. The number of hydrogen-bond donors (Lipinski definition) is 1. The van der Waals surface area contributed by atoms with Crippen molar-refractivity contribution in [3.63, 3.8) is 0 Å². The molecular formula is C29H42O7. The maximum absolute atomic E-state index is 10.5. The Morgan fingerprint density at radius 3 is 2.36 bits per heavy atom. The van der Waals surface area contributed by atoms with Crippen molar-refractivity contribution in [1.82, 2.24) is 0 Å². The van der Waals surface area contributed by atoms with Gasteiger partial charge in [0.25, 0.3) is 0 Å². The van der Waals surface area contributed by atoms with Crippen molar-refractivity contribution in [2.45, 2.75) is 64.1 Å². The Morgan fingerprint density at radius 1 is 1.08 bits per heavy atom. The number of aliphatic hydroxyl groups excluding tert-OH is 1. The molecule has 0 fully saturated rings. The van der Waals surface area contributed by atoms with Crippen LogP contribution in [-0.4, -0.2) is 64.9 Å². The highest BCUT2D eigenvalue weighted by molar-refractivity contribution is 5.26. The summed E-state index contributed by atoms with van der Waals surface area (Å²) >= 11 is 0. The molecule has 0 radical (unpaired) electrons. The molecule has 0 aliphatic heterocycles. The second kappa shape index (κ2) is 18.0. The number of rotatable bonds is 16. The smallest absolute Gasteiger partial charge is 0.157 e. The molecule has 7 heteroatoms. The zero-order valence-corrected chi connectivity index (χ0v) is 22.6. The molecule has 0 aromatic heterocycles. The van der Waals surface area contributed by atoms with E-state index in [1.165, 1.54) is 7.11 Å². The first-order valence-corrected chi connectivity index (χ1v) is 12.0. The minimum Gasteiger partial charge on any atom is -0.497 e. The molecule has 3 atom stereocenters. The van der Waals surface area contributed by atoms with Gasteiger partial charge in [-0.2, -0.15) is 0 Å². The van der Waals surface area contributed by atoms with Gasteiger partial charge in [0.1, 0.15) is 30.9 Å². The highest BCUT2D eigenvalue weighted by Crippen LogP contribution is 2.22. The third-order valence-corrected chi connectivity index (χ3v) is 5.62. The Labute approximate surface area is 217 Å². The molecule has 0 amide bonds. The van der Waals surface area contributed by atoms with Gasteiger partial charge in [0.05, 0.1) is 13.7 Å². The fraction of sp³-hybridized carbons (Fsp3) is 0.586. The van der Waals surface area contributed by atoms with Crippen molar-refractivity contribution in [3.05, 3.63) is 42.0 Å². The van der Waals surface area contributed by atoms with Gasteiger partial charge in [0, 0.05) is 40.6 Å². The van der Waals surface area contributed by atoms with E-state index in [1.54, 1.807) is 28.3 Å². The lowest BCUT2D eigenvalue weighted by atomic mass is 9.92. The van der Waals surface area contributed by atoms with Crippen LogP contribution in [0.2, 0.25) is 0 Å². The molecule has 0 aliphatic carbocycles. The van der Waals surface area contributed by atoms with Crippen LogP contribution in [0.3, 0.4) is 0 Å². The van der Waals surface area contributed by atoms with Gasteiger partial charge in [0.2, 0.25) is 0 Å². The van der Waals surface area contributed by atoms with E-state index in [2.05, 4.69) is 30.3 Å². The van der Waals surface area contributed by atoms with E-state index < -0.39 is 11.7 Å². The highest BCUT2D eigenvalue weighted by atomic mass is 16.7. The average molecular weight is 503 g/mol. The molecule has 2 unspecified atom stereocenters. The number of ether oxygens (including phenoxy) is 6. The second-order valence-electron chi connectivity index (χ2n) is 8.68. The van der Waals surface area contributed by atoms with Gasteiger partial charge in [-0.25, -0.2) is 0 Å². The zero-order chi connectivity index (χ0) is 26.8. The van der Waals surface area contributed by atoms with Gasteiger partial charge >= 0.3 is 0 Å². The lowest BCUT2D eigenvalue weighted by molar-refractivity contribution is -0.112. The third-order valence-electron chi connectivity index (χ3n) is 5.62. The first-order valence-electron chi connectivity index (χ1n) is 12.0. The lowest BCUT2D eigenvalue weighted by Crippen LogP contribution is -2.32. The van der Waals surface area contributed by atoms with Crippen LogP contribution in [0.1, 0.15) is 45.1 Å². The first kappa shape index (κ1) is 31.7. The molecule has 1 aromatic rings. The second-order valence-corrected chi connectivity index (χ2v) is 8.68. The molecule has 1 N–H and O–H groups in total. The molecule has 0 saturated heterocycles. The van der Waals surface area contributed by atoms with Crippen LogP contribution in [-0.2, 0) is 30.3 Å². The largest absolute Gasteiger partial charge is 0.497 e. The van der Waals surface area contributed by atoms with Gasteiger partial charge < -0.3 is 33.5 Å². The van der Waals surface area contributed by atoms with Crippen molar-refractivity contribution < 1.29 is 33.5 Å². The average Bonchev–Trinajstić information content (AvgIpc) is 2.87. The Kier molecular flexibility index (Phi) is 15.8. The zero-order valence-electron chi connectivity index (χ0n) is 22.6. The number of methoxy groups -OCH3 is 4. The molecule has 36 heavy (non-hydrogen) atoms. The maximum Gasteiger partial charge on any atom is 0.157 e. The number of benzene rings is 1. The van der Waals surface area contributed by atoms with Crippen LogP contribution in [0.25, 0.3) is 0 Å². The van der Waals surface area contributed by atoms with Gasteiger partial charge in [-0.05, 0) is 43.9 Å². The third kappa shape index (κ3) is 13.1. The SMILES string of the molecule is C=C(C)[C@@H](CCC#CC(O)CC(C)(C#CCOCc1ccc(OC)cc1)OCOC)CC(OC)OC. The summed E-state index contributed by atoms with van der Waals surface area (Å²) in [5.74, 6) is 13.0. The Hall–Kier alpha value is -2.36. The van der Waals surface area contributed by atoms with Crippen molar-refractivity contribution in [1.29, 1.82) is 0 Å².